The van der Waals surface area contributed by atoms with E-state index in [0.29, 0.717) is 30.5 Å². The molecule has 3 fully saturated rings. The first-order valence-electron chi connectivity index (χ1n) is 17.0. The summed E-state index contributed by atoms with van der Waals surface area (Å²) in [4.78, 5) is 61.5. The number of carbonyl (C=O) groups excluding carboxylic acids is 4. The van der Waals surface area contributed by atoms with Gasteiger partial charge in [-0.1, -0.05) is 19.9 Å². The second-order valence-corrected chi connectivity index (χ2v) is 13.8. The molecule has 258 valence electrons. The molecule has 1 aromatic carbocycles. The van der Waals surface area contributed by atoms with E-state index >= 15 is 4.39 Å². The molecule has 2 saturated carbocycles. The van der Waals surface area contributed by atoms with E-state index < -0.39 is 35.6 Å². The van der Waals surface area contributed by atoms with Gasteiger partial charge in [-0.15, -0.1) is 0 Å². The Hall–Kier alpha value is -3.80. The summed E-state index contributed by atoms with van der Waals surface area (Å²) in [6.07, 6.45) is 7.65. The van der Waals surface area contributed by atoms with Crippen LogP contribution in [0.5, 0.6) is 0 Å². The van der Waals surface area contributed by atoms with E-state index in [2.05, 4.69) is 25.8 Å². The summed E-state index contributed by atoms with van der Waals surface area (Å²) >= 11 is 0. The van der Waals surface area contributed by atoms with Crippen LogP contribution in [-0.4, -0.2) is 90.5 Å². The quantitative estimate of drug-likeness (QED) is 0.214. The average molecular weight is 654 g/mol. The number of hydrogen-bond donors (Lipinski definition) is 4. The predicted octanol–water partition coefficient (Wildman–Crippen LogP) is 3.17. The number of aliphatic imine (C=N–C) groups is 1. The Bertz CT molecular complexity index is 1360. The van der Waals surface area contributed by atoms with E-state index in [0.717, 1.165) is 32.1 Å². The van der Waals surface area contributed by atoms with Gasteiger partial charge in [0, 0.05) is 37.5 Å². The number of anilines is 1. The van der Waals surface area contributed by atoms with Crippen molar-refractivity contribution in [3.63, 3.8) is 0 Å². The smallest absolute Gasteiger partial charge is 0.270 e. The summed E-state index contributed by atoms with van der Waals surface area (Å²) in [7, 11) is 3.96. The number of likely N-dealkylation sites (tertiary alicyclic amines) is 1. The third kappa shape index (κ3) is 9.39. The molecule has 4 rings (SSSR count). The number of amides is 4. The number of likely N-dealkylation sites (N-methyl/N-ethyl adjacent to an activating group) is 1. The van der Waals surface area contributed by atoms with Crippen molar-refractivity contribution in [2.24, 2.45) is 28.5 Å². The van der Waals surface area contributed by atoms with Crippen molar-refractivity contribution in [1.82, 2.24) is 20.4 Å². The third-order valence-electron chi connectivity index (χ3n) is 9.56. The monoisotopic (exact) mass is 653 g/mol. The Morgan fingerprint density at radius 1 is 1.04 bits per heavy atom. The first kappa shape index (κ1) is 36.0. The molecular formula is C35H52FN7O4. The summed E-state index contributed by atoms with van der Waals surface area (Å²) in [6, 6.07) is 2.78. The number of benzene rings is 1. The second kappa shape index (κ2) is 15.9. The van der Waals surface area contributed by atoms with Gasteiger partial charge in [0.05, 0.1) is 5.69 Å². The molecule has 1 aliphatic heterocycles. The van der Waals surface area contributed by atoms with Gasteiger partial charge >= 0.3 is 0 Å². The lowest BCUT2D eigenvalue weighted by Gasteiger charge is -2.30. The van der Waals surface area contributed by atoms with Crippen LogP contribution in [0.2, 0.25) is 0 Å². The van der Waals surface area contributed by atoms with Crippen molar-refractivity contribution >= 4 is 35.0 Å². The van der Waals surface area contributed by atoms with Gasteiger partial charge in [0.2, 0.25) is 17.7 Å². The van der Waals surface area contributed by atoms with E-state index in [4.69, 9.17) is 5.73 Å². The first-order valence-corrected chi connectivity index (χ1v) is 17.0. The van der Waals surface area contributed by atoms with Crippen LogP contribution in [-0.2, 0) is 19.2 Å². The molecular weight excluding hydrogens is 601 g/mol. The molecule has 1 aromatic rings. The van der Waals surface area contributed by atoms with E-state index in [9.17, 15) is 19.2 Å². The standard InChI is InChI=1S/C35H52FN7O4/c1-7-29(44)40-31(35(47)43-17-15-25(19-43)42(5)6)21(4)24-12-13-27(26(36)18-24)39-34(46)32(30(22-8-9-22)23-10-11-23)41-33(45)28(14-16-37)38-20(2)3/h12-14,16,18,20-23,25,30-32H,7-11,15,17,19,37H2,1-6H3,(H,39,46)(H,40,44)(H,41,45)/b16-14-,38-28?. The van der Waals surface area contributed by atoms with Gasteiger partial charge in [0.25, 0.3) is 5.91 Å². The molecule has 3 aliphatic rings. The molecule has 4 atom stereocenters. The van der Waals surface area contributed by atoms with Crippen molar-refractivity contribution in [3.8, 4) is 0 Å². The summed E-state index contributed by atoms with van der Waals surface area (Å²) in [5.74, 6) is -2.08. The molecule has 1 saturated heterocycles. The number of carbonyl (C=O) groups is 4. The Kier molecular flexibility index (Phi) is 12.2. The van der Waals surface area contributed by atoms with Crippen molar-refractivity contribution in [1.29, 1.82) is 0 Å². The minimum absolute atomic E-state index is 0.0256. The zero-order chi connectivity index (χ0) is 34.4. The van der Waals surface area contributed by atoms with Gasteiger partial charge < -0.3 is 31.5 Å². The Balaban J connectivity index is 1.54. The van der Waals surface area contributed by atoms with Crippen LogP contribution in [0.25, 0.3) is 0 Å². The second-order valence-electron chi connectivity index (χ2n) is 13.8. The number of rotatable bonds is 15. The van der Waals surface area contributed by atoms with Crippen molar-refractivity contribution < 1.29 is 23.6 Å². The largest absolute Gasteiger partial charge is 0.405 e. The number of nitrogens with zero attached hydrogens (tertiary/aromatic N) is 3. The molecule has 1 heterocycles. The number of nitrogens with one attached hydrogen (secondary N) is 3. The van der Waals surface area contributed by atoms with Crippen LogP contribution in [0.15, 0.2) is 35.5 Å². The molecule has 12 heteroatoms. The lowest BCUT2D eigenvalue weighted by molar-refractivity contribution is -0.136. The van der Waals surface area contributed by atoms with Crippen molar-refractivity contribution in [3.05, 3.63) is 41.9 Å². The first-order chi connectivity index (χ1) is 22.3. The highest BCUT2D eigenvalue weighted by molar-refractivity contribution is 6.43. The van der Waals surface area contributed by atoms with E-state index in [1.165, 1.54) is 24.4 Å². The molecule has 4 unspecified atom stereocenters. The maximum atomic E-state index is 15.7. The minimum atomic E-state index is -0.873. The van der Waals surface area contributed by atoms with E-state index in [1.54, 1.807) is 24.8 Å². The van der Waals surface area contributed by atoms with E-state index in [-0.39, 0.29) is 47.6 Å². The molecule has 4 amide bonds. The number of halogens is 1. The van der Waals surface area contributed by atoms with Crippen molar-refractivity contribution in [2.45, 2.75) is 96.3 Å². The Labute approximate surface area is 278 Å². The maximum absolute atomic E-state index is 15.7. The van der Waals surface area contributed by atoms with Crippen molar-refractivity contribution in [2.75, 3.05) is 32.5 Å². The number of hydrogen-bond acceptors (Lipinski definition) is 7. The fraction of sp³-hybridized carbons (Fsp3) is 0.629. The van der Waals surface area contributed by atoms with E-state index in [1.807, 2.05) is 27.9 Å². The molecule has 2 aliphatic carbocycles. The van der Waals surface area contributed by atoms with Gasteiger partial charge in [-0.05, 0) is 108 Å². The van der Waals surface area contributed by atoms with Gasteiger partial charge in [-0.3, -0.25) is 24.2 Å². The summed E-state index contributed by atoms with van der Waals surface area (Å²) < 4.78 is 15.7. The Morgan fingerprint density at radius 2 is 1.70 bits per heavy atom. The molecule has 47 heavy (non-hydrogen) atoms. The van der Waals surface area contributed by atoms with Crippen LogP contribution >= 0.6 is 0 Å². The molecule has 0 radical (unpaired) electrons. The van der Waals surface area contributed by atoms with Gasteiger partial charge in [0.15, 0.2) is 0 Å². The fourth-order valence-corrected chi connectivity index (χ4v) is 6.55. The minimum Gasteiger partial charge on any atom is -0.405 e. The maximum Gasteiger partial charge on any atom is 0.270 e. The molecule has 11 nitrogen and oxygen atoms in total. The molecule has 0 bridgehead atoms. The Morgan fingerprint density at radius 3 is 2.21 bits per heavy atom. The highest BCUT2D eigenvalue weighted by Gasteiger charge is 2.48. The molecule has 0 spiro atoms. The lowest BCUT2D eigenvalue weighted by atomic mass is 9.88. The molecule has 5 N–H and O–H groups in total. The van der Waals surface area contributed by atoms with Crippen LogP contribution in [0, 0.1) is 23.6 Å². The number of nitrogens with two attached hydrogens (primary N) is 1. The van der Waals surface area contributed by atoms with Crippen LogP contribution in [0.1, 0.15) is 77.7 Å². The van der Waals surface area contributed by atoms with Gasteiger partial charge in [-0.2, -0.15) is 0 Å². The highest BCUT2D eigenvalue weighted by atomic mass is 19.1. The summed E-state index contributed by atoms with van der Waals surface area (Å²) in [6.45, 7) is 8.34. The zero-order valence-electron chi connectivity index (χ0n) is 28.6. The lowest BCUT2D eigenvalue weighted by Crippen LogP contribution is -2.51. The van der Waals surface area contributed by atoms with Gasteiger partial charge in [-0.25, -0.2) is 4.39 Å². The zero-order valence-corrected chi connectivity index (χ0v) is 28.6. The van der Waals surface area contributed by atoms with Crippen LogP contribution in [0.4, 0.5) is 10.1 Å². The fourth-order valence-electron chi connectivity index (χ4n) is 6.55. The normalized spacial score (nSPS) is 20.5. The van der Waals surface area contributed by atoms with Crippen LogP contribution in [0.3, 0.4) is 0 Å². The average Bonchev–Trinajstić information content (AvgIpc) is 3.98. The summed E-state index contributed by atoms with van der Waals surface area (Å²) in [5.41, 5.74) is 6.18. The van der Waals surface area contributed by atoms with Crippen LogP contribution < -0.4 is 21.7 Å². The SMILES string of the molecule is CCC(=O)NC(C(=O)N1CCC(N(C)C)C1)C(C)c1ccc(NC(=O)C(NC(=O)C(/C=C\N)=NC(C)C)C(C2CC2)C2CC2)c(F)c1. The van der Waals surface area contributed by atoms with Gasteiger partial charge in [0.1, 0.15) is 23.6 Å². The molecule has 0 aromatic heterocycles. The highest BCUT2D eigenvalue weighted by Crippen LogP contribution is 2.51. The predicted molar refractivity (Wildman–Crippen MR) is 181 cm³/mol. The topological polar surface area (TPSA) is 149 Å². The summed E-state index contributed by atoms with van der Waals surface area (Å²) in [5, 5.41) is 8.50. The third-order valence-corrected chi connectivity index (χ3v) is 9.56.